The molecule has 2 aliphatic rings. The molecule has 212 valence electrons. The van der Waals surface area contributed by atoms with Crippen molar-refractivity contribution in [2.75, 3.05) is 13.2 Å². The van der Waals surface area contributed by atoms with Gasteiger partial charge in [-0.15, -0.1) is 0 Å². The molecule has 0 aromatic carbocycles. The number of rotatable bonds is 8. The third-order valence-corrected chi connectivity index (χ3v) is 8.06. The van der Waals surface area contributed by atoms with E-state index in [0.29, 0.717) is 18.4 Å². The molecule has 0 fully saturated rings. The van der Waals surface area contributed by atoms with Crippen molar-refractivity contribution in [2.45, 2.75) is 96.1 Å². The minimum Gasteiger partial charge on any atom is -0.465 e. The Morgan fingerprint density at radius 2 is 1.24 bits per heavy atom. The molecule has 2 aliphatic carbocycles. The summed E-state index contributed by atoms with van der Waals surface area (Å²) in [5.74, 6) is -0.00712. The first-order valence-corrected chi connectivity index (χ1v) is 13.7. The van der Waals surface area contributed by atoms with E-state index < -0.39 is 0 Å². The van der Waals surface area contributed by atoms with Gasteiger partial charge in [0.2, 0.25) is 0 Å². The second-order valence-corrected chi connectivity index (χ2v) is 13.0. The molecule has 0 saturated heterocycles. The molecule has 0 aromatic heterocycles. The largest absolute Gasteiger partial charge is 0.465 e. The third-order valence-electron chi connectivity index (χ3n) is 8.06. The molecule has 0 amide bonds. The maximum Gasteiger partial charge on any atom is 0.308 e. The molecule has 0 N–H and O–H groups in total. The summed E-state index contributed by atoms with van der Waals surface area (Å²) in [6, 6.07) is 0. The van der Waals surface area contributed by atoms with E-state index in [0.717, 1.165) is 5.57 Å². The second-order valence-electron chi connectivity index (χ2n) is 13.0. The lowest BCUT2D eigenvalue weighted by Crippen LogP contribution is -2.36. The Labute approximate surface area is 225 Å². The van der Waals surface area contributed by atoms with Crippen LogP contribution in [0.4, 0.5) is 0 Å². The molecule has 0 unspecified atom stereocenters. The summed E-state index contributed by atoms with van der Waals surface area (Å²) in [5.41, 5.74) is 2.47. The summed E-state index contributed by atoms with van der Waals surface area (Å²) in [5, 5.41) is 0. The topological polar surface area (TPSA) is 78.9 Å². The van der Waals surface area contributed by atoms with Crippen molar-refractivity contribution in [2.24, 2.45) is 46.3 Å². The first kappa shape index (κ1) is 32.9. The molecule has 6 heteroatoms. The highest BCUT2D eigenvalue weighted by molar-refractivity contribution is 5.72. The summed E-state index contributed by atoms with van der Waals surface area (Å²) in [7, 11) is 0. The van der Waals surface area contributed by atoms with Crippen LogP contribution in [-0.4, -0.2) is 37.2 Å². The molecule has 0 bridgehead atoms. The van der Waals surface area contributed by atoms with Gasteiger partial charge in [-0.05, 0) is 36.2 Å². The van der Waals surface area contributed by atoms with Gasteiger partial charge in [0.05, 0.1) is 31.0 Å². The number of allylic oxidation sites excluding steroid dienone is 2. The van der Waals surface area contributed by atoms with Gasteiger partial charge in [0.15, 0.2) is 0 Å². The van der Waals surface area contributed by atoms with Crippen LogP contribution in [0.2, 0.25) is 0 Å². The van der Waals surface area contributed by atoms with Crippen molar-refractivity contribution in [3.8, 4) is 0 Å². The fraction of sp³-hybridized carbons (Fsp3) is 0.774. The van der Waals surface area contributed by atoms with Crippen LogP contribution in [0.5, 0.6) is 0 Å². The predicted octanol–water partition coefficient (Wildman–Crippen LogP) is 6.78. The Hall–Kier alpha value is -2.11. The number of ether oxygens (including phenoxy) is 3. The molecular formula is C31H52O6. The van der Waals surface area contributed by atoms with Gasteiger partial charge >= 0.3 is 17.9 Å². The average Bonchev–Trinajstić information content (AvgIpc) is 3.11. The van der Waals surface area contributed by atoms with Gasteiger partial charge in [-0.25, -0.2) is 0 Å². The van der Waals surface area contributed by atoms with E-state index in [4.69, 9.17) is 14.2 Å². The van der Waals surface area contributed by atoms with E-state index in [2.05, 4.69) is 53.7 Å². The average molecular weight is 521 g/mol. The summed E-state index contributed by atoms with van der Waals surface area (Å²) >= 11 is 0. The zero-order valence-corrected chi connectivity index (χ0v) is 25.6. The molecule has 0 aromatic rings. The number of hydrogen-bond donors (Lipinski definition) is 0. The van der Waals surface area contributed by atoms with E-state index in [1.807, 2.05) is 48.5 Å². The highest BCUT2D eigenvalue weighted by Crippen LogP contribution is 2.46. The van der Waals surface area contributed by atoms with Crippen LogP contribution in [0.25, 0.3) is 0 Å². The van der Waals surface area contributed by atoms with Gasteiger partial charge in [-0.2, -0.15) is 0 Å². The molecule has 0 saturated carbocycles. The zero-order valence-electron chi connectivity index (χ0n) is 25.6. The van der Waals surface area contributed by atoms with Crippen LogP contribution < -0.4 is 0 Å². The Bertz CT molecular complexity index is 874. The van der Waals surface area contributed by atoms with Crippen molar-refractivity contribution in [1.82, 2.24) is 0 Å². The van der Waals surface area contributed by atoms with E-state index >= 15 is 0 Å². The lowest BCUT2D eigenvalue weighted by molar-refractivity contribution is -0.159. The van der Waals surface area contributed by atoms with Crippen LogP contribution in [0.1, 0.15) is 90.0 Å². The van der Waals surface area contributed by atoms with Crippen molar-refractivity contribution < 1.29 is 28.6 Å². The Kier molecular flexibility index (Phi) is 11.7. The van der Waals surface area contributed by atoms with Gasteiger partial charge in [0.1, 0.15) is 6.10 Å². The minimum absolute atomic E-state index is 0.0352. The highest BCUT2D eigenvalue weighted by Gasteiger charge is 2.44. The Morgan fingerprint density at radius 1 is 0.784 bits per heavy atom. The zero-order chi connectivity index (χ0) is 28.9. The fourth-order valence-electron chi connectivity index (χ4n) is 4.75. The molecule has 0 radical (unpaired) electrons. The normalized spacial score (nSPS) is 25.8. The smallest absolute Gasteiger partial charge is 0.308 e. The van der Waals surface area contributed by atoms with Gasteiger partial charge in [0, 0.05) is 11.8 Å². The van der Waals surface area contributed by atoms with Crippen LogP contribution in [-0.2, 0) is 28.6 Å². The van der Waals surface area contributed by atoms with Crippen molar-refractivity contribution in [3.05, 3.63) is 23.3 Å². The van der Waals surface area contributed by atoms with Gasteiger partial charge in [0.25, 0.3) is 0 Å². The van der Waals surface area contributed by atoms with E-state index in [9.17, 15) is 14.4 Å². The maximum atomic E-state index is 11.9. The quantitative estimate of drug-likeness (QED) is 0.199. The lowest BCUT2D eigenvalue weighted by Gasteiger charge is -2.32. The Morgan fingerprint density at radius 3 is 1.65 bits per heavy atom. The summed E-state index contributed by atoms with van der Waals surface area (Å²) in [6.07, 6.45) is 4.06. The molecule has 6 nitrogen and oxygen atoms in total. The number of hydrogen-bond acceptors (Lipinski definition) is 6. The van der Waals surface area contributed by atoms with Crippen LogP contribution in [0.15, 0.2) is 23.3 Å². The highest BCUT2D eigenvalue weighted by atomic mass is 16.6. The van der Waals surface area contributed by atoms with Crippen LogP contribution >= 0.6 is 0 Å². The summed E-state index contributed by atoms with van der Waals surface area (Å²) < 4.78 is 16.3. The molecule has 0 heterocycles. The number of esters is 3. The molecule has 4 atom stereocenters. The SMILES string of the molecule is CC1=CC(C)(C)[C@H](COC(=O)C(C)C)[C@@H]1OC(=O)C(C)C.CC1=C[C@@H](COC(=O)C(C)C)C(C)(C)[C@@H]1C. The predicted molar refractivity (Wildman–Crippen MR) is 148 cm³/mol. The number of carbonyl (C=O) groups is 3. The summed E-state index contributed by atoms with van der Waals surface area (Å²) in [4.78, 5) is 35.0. The van der Waals surface area contributed by atoms with Gasteiger partial charge < -0.3 is 14.2 Å². The third kappa shape index (κ3) is 8.71. The maximum absolute atomic E-state index is 11.9. The van der Waals surface area contributed by atoms with Crippen molar-refractivity contribution >= 4 is 17.9 Å². The summed E-state index contributed by atoms with van der Waals surface area (Å²) in [6.45, 7) is 26.8. The van der Waals surface area contributed by atoms with E-state index in [1.54, 1.807) is 0 Å². The van der Waals surface area contributed by atoms with Gasteiger partial charge in [-0.3, -0.25) is 14.4 Å². The van der Waals surface area contributed by atoms with Crippen LogP contribution in [0, 0.1) is 46.3 Å². The van der Waals surface area contributed by atoms with Crippen molar-refractivity contribution in [3.63, 3.8) is 0 Å². The molecule has 37 heavy (non-hydrogen) atoms. The Balaban J connectivity index is 0.000000384. The molecular weight excluding hydrogens is 468 g/mol. The first-order valence-electron chi connectivity index (χ1n) is 13.7. The fourth-order valence-corrected chi connectivity index (χ4v) is 4.75. The van der Waals surface area contributed by atoms with E-state index in [1.165, 1.54) is 5.57 Å². The van der Waals surface area contributed by atoms with Crippen molar-refractivity contribution in [1.29, 1.82) is 0 Å². The minimum atomic E-state index is -0.310. The molecule has 0 spiro atoms. The number of carbonyl (C=O) groups excluding carboxylic acids is 3. The van der Waals surface area contributed by atoms with E-state index in [-0.39, 0.29) is 65.1 Å². The molecule has 0 aliphatic heterocycles. The second kappa shape index (κ2) is 13.1. The first-order chi connectivity index (χ1) is 16.8. The van der Waals surface area contributed by atoms with Gasteiger partial charge in [-0.1, -0.05) is 93.9 Å². The molecule has 2 rings (SSSR count). The van der Waals surface area contributed by atoms with Crippen LogP contribution in [0.3, 0.4) is 0 Å². The lowest BCUT2D eigenvalue weighted by atomic mass is 9.74. The standard InChI is InChI=1S/C17H28O4.C14H24O2/c1-10(2)15(18)20-9-13-14(21-16(19)11(3)4)12(5)8-17(13,6)7;1-9(2)13(15)16-8-12-7-10(3)11(4)14(12,5)6/h8,10-11,13-14H,9H2,1-7H3;7,9,11-12H,8H2,1-6H3/t13-,14-;11-,12+/m11/s1. The monoisotopic (exact) mass is 520 g/mol.